The van der Waals surface area contributed by atoms with Crippen molar-refractivity contribution < 1.29 is 9.13 Å². The quantitative estimate of drug-likeness (QED) is 0.595. The molecule has 0 amide bonds. The van der Waals surface area contributed by atoms with Crippen LogP contribution < -0.4 is 5.73 Å². The molecule has 0 bridgehead atoms. The predicted octanol–water partition coefficient (Wildman–Crippen LogP) is 3.36. The van der Waals surface area contributed by atoms with Crippen LogP contribution in [0.15, 0.2) is 18.2 Å². The first-order valence-electron chi connectivity index (χ1n) is 5.71. The second-order valence-electron chi connectivity index (χ2n) is 4.44. The minimum atomic E-state index is -0.288. The van der Waals surface area contributed by atoms with Gasteiger partial charge in [0.15, 0.2) is 0 Å². The molecule has 0 unspecified atom stereocenters. The molecule has 3 heteroatoms. The smallest absolute Gasteiger partial charge is 0.130 e. The van der Waals surface area contributed by atoms with Crippen LogP contribution in [0.5, 0.6) is 0 Å². The van der Waals surface area contributed by atoms with Gasteiger partial charge in [-0.1, -0.05) is 19.9 Å². The molecule has 0 fully saturated rings. The van der Waals surface area contributed by atoms with E-state index in [-0.39, 0.29) is 5.82 Å². The van der Waals surface area contributed by atoms with E-state index in [1.54, 1.807) is 12.1 Å². The van der Waals surface area contributed by atoms with E-state index in [1.165, 1.54) is 6.07 Å². The SMILES string of the molecule is CC(C)CCCOCc1ccc(N)cc1F. The number of halogens is 1. The molecule has 0 atom stereocenters. The van der Waals surface area contributed by atoms with Crippen molar-refractivity contribution in [3.05, 3.63) is 29.6 Å². The van der Waals surface area contributed by atoms with Gasteiger partial charge in [0.2, 0.25) is 0 Å². The number of hydrogen-bond acceptors (Lipinski definition) is 2. The summed E-state index contributed by atoms with van der Waals surface area (Å²) in [6.07, 6.45) is 2.17. The van der Waals surface area contributed by atoms with Crippen LogP contribution >= 0.6 is 0 Å². The zero-order chi connectivity index (χ0) is 12.0. The number of benzene rings is 1. The summed E-state index contributed by atoms with van der Waals surface area (Å²) in [5, 5.41) is 0. The highest BCUT2D eigenvalue weighted by molar-refractivity contribution is 5.40. The monoisotopic (exact) mass is 225 g/mol. The van der Waals surface area contributed by atoms with Crippen molar-refractivity contribution in [2.24, 2.45) is 5.92 Å². The molecule has 0 saturated heterocycles. The van der Waals surface area contributed by atoms with Crippen molar-refractivity contribution in [3.63, 3.8) is 0 Å². The van der Waals surface area contributed by atoms with Crippen molar-refractivity contribution in [2.45, 2.75) is 33.3 Å². The molecule has 2 nitrogen and oxygen atoms in total. The van der Waals surface area contributed by atoms with Crippen molar-refractivity contribution in [2.75, 3.05) is 12.3 Å². The maximum atomic E-state index is 13.3. The molecule has 1 aromatic carbocycles. The summed E-state index contributed by atoms with van der Waals surface area (Å²) in [5.74, 6) is 0.403. The Kier molecular flexibility index (Phi) is 5.26. The van der Waals surface area contributed by atoms with Gasteiger partial charge in [0, 0.05) is 17.9 Å². The second-order valence-corrected chi connectivity index (χ2v) is 4.44. The third kappa shape index (κ3) is 4.62. The number of nitrogen functional groups attached to an aromatic ring is 1. The molecule has 0 saturated carbocycles. The van der Waals surface area contributed by atoms with Crippen molar-refractivity contribution >= 4 is 5.69 Å². The van der Waals surface area contributed by atoms with Crippen LogP contribution in [0.2, 0.25) is 0 Å². The van der Waals surface area contributed by atoms with Gasteiger partial charge in [-0.05, 0) is 30.9 Å². The summed E-state index contributed by atoms with van der Waals surface area (Å²) >= 11 is 0. The highest BCUT2D eigenvalue weighted by atomic mass is 19.1. The summed E-state index contributed by atoms with van der Waals surface area (Å²) in [5.41, 5.74) is 6.47. The first-order chi connectivity index (χ1) is 7.59. The molecular weight excluding hydrogens is 205 g/mol. The fourth-order valence-corrected chi connectivity index (χ4v) is 1.46. The lowest BCUT2D eigenvalue weighted by molar-refractivity contribution is 0.112. The van der Waals surface area contributed by atoms with Gasteiger partial charge in [0.05, 0.1) is 6.61 Å². The summed E-state index contributed by atoms with van der Waals surface area (Å²) in [7, 11) is 0. The lowest BCUT2D eigenvalue weighted by atomic mass is 10.1. The third-order valence-corrected chi connectivity index (χ3v) is 2.40. The molecule has 1 rings (SSSR count). The second kappa shape index (κ2) is 6.48. The van der Waals surface area contributed by atoms with E-state index < -0.39 is 0 Å². The summed E-state index contributed by atoms with van der Waals surface area (Å²) in [6.45, 7) is 5.37. The highest BCUT2D eigenvalue weighted by Gasteiger charge is 2.02. The summed E-state index contributed by atoms with van der Waals surface area (Å²) in [4.78, 5) is 0. The number of rotatable bonds is 6. The molecular formula is C13H20FNO. The van der Waals surface area contributed by atoms with Gasteiger partial charge in [-0.15, -0.1) is 0 Å². The van der Waals surface area contributed by atoms with E-state index in [9.17, 15) is 4.39 Å². The van der Waals surface area contributed by atoms with E-state index in [4.69, 9.17) is 10.5 Å². The summed E-state index contributed by atoms with van der Waals surface area (Å²) in [6, 6.07) is 4.69. The van der Waals surface area contributed by atoms with E-state index in [0.717, 1.165) is 12.8 Å². The van der Waals surface area contributed by atoms with E-state index in [0.29, 0.717) is 30.4 Å². The molecule has 0 aliphatic heterocycles. The van der Waals surface area contributed by atoms with E-state index in [2.05, 4.69) is 13.8 Å². The van der Waals surface area contributed by atoms with Gasteiger partial charge < -0.3 is 10.5 Å². The number of anilines is 1. The molecule has 0 aromatic heterocycles. The van der Waals surface area contributed by atoms with Gasteiger partial charge in [-0.25, -0.2) is 4.39 Å². The van der Waals surface area contributed by atoms with E-state index in [1.807, 2.05) is 0 Å². The number of nitrogens with two attached hydrogens (primary N) is 1. The first kappa shape index (κ1) is 13.0. The molecule has 16 heavy (non-hydrogen) atoms. The van der Waals surface area contributed by atoms with Crippen LogP contribution in [0.1, 0.15) is 32.3 Å². The molecule has 0 radical (unpaired) electrons. The molecule has 0 aliphatic rings. The first-order valence-corrected chi connectivity index (χ1v) is 5.71. The summed E-state index contributed by atoms with van der Waals surface area (Å²) < 4.78 is 18.7. The van der Waals surface area contributed by atoms with E-state index >= 15 is 0 Å². The maximum Gasteiger partial charge on any atom is 0.130 e. The van der Waals surface area contributed by atoms with Crippen LogP contribution in [0.4, 0.5) is 10.1 Å². The standard InChI is InChI=1S/C13H20FNO/c1-10(2)4-3-7-16-9-11-5-6-12(15)8-13(11)14/h5-6,8,10H,3-4,7,9,15H2,1-2H3. The lowest BCUT2D eigenvalue weighted by Gasteiger charge is -2.07. The lowest BCUT2D eigenvalue weighted by Crippen LogP contribution is -2.00. The number of ether oxygens (including phenoxy) is 1. The topological polar surface area (TPSA) is 35.2 Å². The Bertz CT molecular complexity index is 326. The number of hydrogen-bond donors (Lipinski definition) is 1. The van der Waals surface area contributed by atoms with Crippen LogP contribution in [0.25, 0.3) is 0 Å². The Balaban J connectivity index is 2.27. The maximum absolute atomic E-state index is 13.3. The van der Waals surface area contributed by atoms with Crippen LogP contribution in [0.3, 0.4) is 0 Å². The average Bonchev–Trinajstić information content (AvgIpc) is 2.20. The fourth-order valence-electron chi connectivity index (χ4n) is 1.46. The van der Waals surface area contributed by atoms with Gasteiger partial charge in [0.1, 0.15) is 5.82 Å². The van der Waals surface area contributed by atoms with Gasteiger partial charge in [0.25, 0.3) is 0 Å². The Morgan fingerprint density at radius 2 is 2.12 bits per heavy atom. The van der Waals surface area contributed by atoms with Gasteiger partial charge in [-0.3, -0.25) is 0 Å². The zero-order valence-electron chi connectivity index (χ0n) is 10.0. The Hall–Kier alpha value is -1.09. The Morgan fingerprint density at radius 1 is 1.38 bits per heavy atom. The van der Waals surface area contributed by atoms with Gasteiger partial charge >= 0.3 is 0 Å². The molecule has 0 aliphatic carbocycles. The Labute approximate surface area is 96.6 Å². The minimum Gasteiger partial charge on any atom is -0.399 e. The Morgan fingerprint density at radius 3 is 2.75 bits per heavy atom. The zero-order valence-corrected chi connectivity index (χ0v) is 10.0. The van der Waals surface area contributed by atoms with Crippen LogP contribution in [0, 0.1) is 11.7 Å². The predicted molar refractivity (Wildman–Crippen MR) is 64.5 cm³/mol. The average molecular weight is 225 g/mol. The normalized spacial score (nSPS) is 11.0. The van der Waals surface area contributed by atoms with Crippen LogP contribution in [-0.2, 0) is 11.3 Å². The minimum absolute atomic E-state index is 0.288. The largest absolute Gasteiger partial charge is 0.399 e. The molecule has 0 spiro atoms. The molecule has 90 valence electrons. The highest BCUT2D eigenvalue weighted by Crippen LogP contribution is 2.13. The van der Waals surface area contributed by atoms with Crippen molar-refractivity contribution in [1.29, 1.82) is 0 Å². The van der Waals surface area contributed by atoms with Crippen molar-refractivity contribution in [3.8, 4) is 0 Å². The van der Waals surface area contributed by atoms with Crippen LogP contribution in [-0.4, -0.2) is 6.61 Å². The fraction of sp³-hybridized carbons (Fsp3) is 0.538. The van der Waals surface area contributed by atoms with Gasteiger partial charge in [-0.2, -0.15) is 0 Å². The molecule has 2 N–H and O–H groups in total. The molecule has 0 heterocycles. The molecule has 1 aromatic rings. The van der Waals surface area contributed by atoms with Crippen molar-refractivity contribution in [1.82, 2.24) is 0 Å². The third-order valence-electron chi connectivity index (χ3n) is 2.40.